The summed E-state index contributed by atoms with van der Waals surface area (Å²) >= 11 is 0. The molecule has 0 amide bonds. The van der Waals surface area contributed by atoms with Gasteiger partial charge in [-0.3, -0.25) is 0 Å². The monoisotopic (exact) mass is 334 g/mol. The molecule has 0 aliphatic heterocycles. The molecule has 0 radical (unpaired) electrons. The van der Waals surface area contributed by atoms with Crippen LogP contribution in [0.15, 0.2) is 84.9 Å². The van der Waals surface area contributed by atoms with E-state index in [1.165, 1.54) is 0 Å². The average Bonchev–Trinajstić information content (AvgIpc) is 2.64. The predicted molar refractivity (Wildman–Crippen MR) is 95.2 cm³/mol. The van der Waals surface area contributed by atoms with Crippen molar-refractivity contribution < 1.29 is 19.4 Å². The van der Waals surface area contributed by atoms with Gasteiger partial charge in [-0.1, -0.05) is 48.5 Å². The third kappa shape index (κ3) is 4.85. The highest BCUT2D eigenvalue weighted by Gasteiger charge is 2.20. The van der Waals surface area contributed by atoms with Crippen LogP contribution in [0.4, 0.5) is 0 Å². The molecule has 126 valence electrons. The van der Waals surface area contributed by atoms with Crippen molar-refractivity contribution in [2.24, 2.45) is 0 Å². The molecule has 1 unspecified atom stereocenters. The fourth-order valence-electron chi connectivity index (χ4n) is 2.37. The lowest BCUT2D eigenvalue weighted by atomic mass is 10.1. The Balaban J connectivity index is 1.65. The van der Waals surface area contributed by atoms with Gasteiger partial charge < -0.3 is 14.6 Å². The van der Waals surface area contributed by atoms with Crippen molar-refractivity contribution >= 4 is 5.97 Å². The topological polar surface area (TPSA) is 55.8 Å². The summed E-state index contributed by atoms with van der Waals surface area (Å²) in [6, 6.07) is 25.8. The van der Waals surface area contributed by atoms with Crippen LogP contribution in [-0.4, -0.2) is 17.2 Å². The number of aliphatic carboxylic acids is 1. The largest absolute Gasteiger partial charge is 0.478 e. The molecule has 3 aromatic rings. The van der Waals surface area contributed by atoms with Gasteiger partial charge >= 0.3 is 5.97 Å². The van der Waals surface area contributed by atoms with E-state index in [-0.39, 0.29) is 6.42 Å². The van der Waals surface area contributed by atoms with E-state index in [1.54, 1.807) is 12.1 Å². The number of rotatable bonds is 7. The van der Waals surface area contributed by atoms with Gasteiger partial charge in [0.1, 0.15) is 17.2 Å². The van der Waals surface area contributed by atoms with E-state index in [2.05, 4.69) is 0 Å². The van der Waals surface area contributed by atoms with Crippen LogP contribution in [0.2, 0.25) is 0 Å². The van der Waals surface area contributed by atoms with E-state index in [0.717, 1.165) is 11.3 Å². The summed E-state index contributed by atoms with van der Waals surface area (Å²) in [4.78, 5) is 11.5. The number of para-hydroxylation sites is 2. The van der Waals surface area contributed by atoms with E-state index in [1.807, 2.05) is 72.8 Å². The maximum absolute atomic E-state index is 11.5. The fourth-order valence-corrected chi connectivity index (χ4v) is 2.37. The standard InChI is InChI=1S/C21H18O4/c22-21(23)20(25-18-9-5-2-6-10-18)15-16-11-13-19(14-12-16)24-17-7-3-1-4-8-17/h1-14,20H,15H2,(H,22,23). The first kappa shape index (κ1) is 16.6. The third-order valence-corrected chi connectivity index (χ3v) is 3.62. The summed E-state index contributed by atoms with van der Waals surface area (Å²) < 4.78 is 11.3. The summed E-state index contributed by atoms with van der Waals surface area (Å²) in [5, 5.41) is 9.40. The molecule has 0 bridgehead atoms. The van der Waals surface area contributed by atoms with Gasteiger partial charge in [0.05, 0.1) is 0 Å². The smallest absolute Gasteiger partial charge is 0.345 e. The summed E-state index contributed by atoms with van der Waals surface area (Å²) in [5.74, 6) is 1.00. The van der Waals surface area contributed by atoms with Gasteiger partial charge in [-0.2, -0.15) is 0 Å². The van der Waals surface area contributed by atoms with Crippen LogP contribution < -0.4 is 9.47 Å². The Bertz CT molecular complexity index is 798. The second-order valence-electron chi connectivity index (χ2n) is 5.52. The Morgan fingerprint density at radius 2 is 1.28 bits per heavy atom. The van der Waals surface area contributed by atoms with Crippen LogP contribution >= 0.6 is 0 Å². The highest BCUT2D eigenvalue weighted by atomic mass is 16.5. The van der Waals surface area contributed by atoms with E-state index in [0.29, 0.717) is 11.5 Å². The number of carboxylic acid groups (broad SMARTS) is 1. The highest BCUT2D eigenvalue weighted by molar-refractivity contribution is 5.73. The molecule has 0 saturated heterocycles. The molecule has 0 fully saturated rings. The Hall–Kier alpha value is -3.27. The van der Waals surface area contributed by atoms with Gasteiger partial charge in [-0.15, -0.1) is 0 Å². The lowest BCUT2D eigenvalue weighted by Gasteiger charge is -2.15. The molecule has 0 heterocycles. The average molecular weight is 334 g/mol. The molecule has 25 heavy (non-hydrogen) atoms. The van der Waals surface area contributed by atoms with Crippen molar-refractivity contribution in [3.05, 3.63) is 90.5 Å². The minimum absolute atomic E-state index is 0.274. The Morgan fingerprint density at radius 3 is 1.84 bits per heavy atom. The van der Waals surface area contributed by atoms with E-state index in [9.17, 15) is 9.90 Å². The maximum Gasteiger partial charge on any atom is 0.345 e. The molecule has 0 saturated carbocycles. The van der Waals surface area contributed by atoms with Crippen molar-refractivity contribution in [1.29, 1.82) is 0 Å². The number of hydrogen-bond acceptors (Lipinski definition) is 3. The minimum atomic E-state index is -0.992. The van der Waals surface area contributed by atoms with Crippen LogP contribution in [0.25, 0.3) is 0 Å². The summed E-state index contributed by atoms with van der Waals surface area (Å²) in [7, 11) is 0. The molecule has 0 aliphatic rings. The molecule has 0 aromatic heterocycles. The quantitative estimate of drug-likeness (QED) is 0.688. The zero-order valence-corrected chi connectivity index (χ0v) is 13.5. The van der Waals surface area contributed by atoms with Gasteiger partial charge in [0.2, 0.25) is 0 Å². The molecule has 1 atom stereocenters. The predicted octanol–water partition coefficient (Wildman–Crippen LogP) is 4.55. The maximum atomic E-state index is 11.5. The zero-order valence-electron chi connectivity index (χ0n) is 13.5. The van der Waals surface area contributed by atoms with E-state index < -0.39 is 12.1 Å². The first-order valence-electron chi connectivity index (χ1n) is 7.97. The van der Waals surface area contributed by atoms with Crippen molar-refractivity contribution in [1.82, 2.24) is 0 Å². The van der Waals surface area contributed by atoms with Crippen molar-refractivity contribution in [3.63, 3.8) is 0 Å². The molecule has 0 spiro atoms. The molecule has 3 aromatic carbocycles. The SMILES string of the molecule is O=C(O)C(Cc1ccc(Oc2ccccc2)cc1)Oc1ccccc1. The van der Waals surface area contributed by atoms with Crippen molar-refractivity contribution in [2.45, 2.75) is 12.5 Å². The van der Waals surface area contributed by atoms with Crippen LogP contribution in [0.3, 0.4) is 0 Å². The molecule has 3 rings (SSSR count). The molecule has 4 heteroatoms. The molecular formula is C21H18O4. The van der Waals surface area contributed by atoms with Crippen LogP contribution in [0, 0.1) is 0 Å². The first-order valence-corrected chi connectivity index (χ1v) is 7.97. The first-order chi connectivity index (χ1) is 12.2. The fraction of sp³-hybridized carbons (Fsp3) is 0.0952. The highest BCUT2D eigenvalue weighted by Crippen LogP contribution is 2.22. The Labute approximate surface area is 146 Å². The van der Waals surface area contributed by atoms with Crippen molar-refractivity contribution in [2.75, 3.05) is 0 Å². The van der Waals surface area contributed by atoms with E-state index >= 15 is 0 Å². The summed E-state index contributed by atoms with van der Waals surface area (Å²) in [6.07, 6.45) is -0.668. The zero-order chi connectivity index (χ0) is 17.5. The van der Waals surface area contributed by atoms with Gasteiger partial charge in [-0.05, 0) is 42.0 Å². The molecule has 4 nitrogen and oxygen atoms in total. The Kier molecular flexibility index (Phi) is 5.32. The van der Waals surface area contributed by atoms with Gasteiger partial charge in [0.15, 0.2) is 6.10 Å². The van der Waals surface area contributed by atoms with Gasteiger partial charge in [0.25, 0.3) is 0 Å². The number of hydrogen-bond donors (Lipinski definition) is 1. The number of carboxylic acids is 1. The van der Waals surface area contributed by atoms with E-state index in [4.69, 9.17) is 9.47 Å². The number of ether oxygens (including phenoxy) is 2. The number of benzene rings is 3. The summed E-state index contributed by atoms with van der Waals surface area (Å²) in [5.41, 5.74) is 0.865. The van der Waals surface area contributed by atoms with Crippen LogP contribution in [0.1, 0.15) is 5.56 Å². The summed E-state index contributed by atoms with van der Waals surface area (Å²) in [6.45, 7) is 0. The third-order valence-electron chi connectivity index (χ3n) is 3.62. The second kappa shape index (κ2) is 8.02. The Morgan fingerprint density at radius 1 is 0.760 bits per heavy atom. The van der Waals surface area contributed by atoms with Crippen molar-refractivity contribution in [3.8, 4) is 17.2 Å². The van der Waals surface area contributed by atoms with Gasteiger partial charge in [-0.25, -0.2) is 4.79 Å². The lowest BCUT2D eigenvalue weighted by Crippen LogP contribution is -2.29. The molecular weight excluding hydrogens is 316 g/mol. The van der Waals surface area contributed by atoms with Crippen LogP contribution in [-0.2, 0) is 11.2 Å². The lowest BCUT2D eigenvalue weighted by molar-refractivity contribution is -0.145. The minimum Gasteiger partial charge on any atom is -0.478 e. The number of carbonyl (C=O) groups is 1. The second-order valence-corrected chi connectivity index (χ2v) is 5.52. The van der Waals surface area contributed by atoms with Gasteiger partial charge in [0, 0.05) is 6.42 Å². The van der Waals surface area contributed by atoms with Crippen LogP contribution in [0.5, 0.6) is 17.2 Å². The molecule has 1 N–H and O–H groups in total. The molecule has 0 aliphatic carbocycles. The normalized spacial score (nSPS) is 11.5.